The van der Waals surface area contributed by atoms with Crippen molar-refractivity contribution >= 4 is 28.6 Å². The topological polar surface area (TPSA) is 89.6 Å². The highest BCUT2D eigenvalue weighted by Crippen LogP contribution is 2.20. The molecule has 1 aromatic heterocycles. The minimum absolute atomic E-state index is 0.295. The molecule has 0 atom stereocenters. The lowest BCUT2D eigenvalue weighted by atomic mass is 10.2. The van der Waals surface area contributed by atoms with Gasteiger partial charge in [0, 0.05) is 0 Å². The molecule has 0 saturated heterocycles. The fourth-order valence-electron chi connectivity index (χ4n) is 1.99. The van der Waals surface area contributed by atoms with Crippen LogP contribution in [0.15, 0.2) is 29.4 Å². The maximum Gasteiger partial charge on any atom is 0.283 e. The van der Waals surface area contributed by atoms with Gasteiger partial charge in [-0.15, -0.1) is 0 Å². The first-order chi connectivity index (χ1) is 11.6. The molecule has 128 valence electrons. The van der Waals surface area contributed by atoms with Crippen molar-refractivity contribution in [1.82, 2.24) is 10.4 Å². The number of hydrogen-bond acceptors (Lipinski definition) is 6. The Hall–Kier alpha value is -2.41. The Morgan fingerprint density at radius 3 is 2.79 bits per heavy atom. The molecule has 0 bridgehead atoms. The first-order valence-corrected chi connectivity index (χ1v) is 8.77. The summed E-state index contributed by atoms with van der Waals surface area (Å²) in [6.07, 6.45) is 4.38. The van der Waals surface area contributed by atoms with Gasteiger partial charge in [-0.3, -0.25) is 4.79 Å². The molecule has 0 aliphatic heterocycles. The maximum absolute atomic E-state index is 12.1. The molecule has 2 rings (SSSR count). The highest BCUT2D eigenvalue weighted by Gasteiger charge is 2.15. The van der Waals surface area contributed by atoms with E-state index >= 15 is 0 Å². The summed E-state index contributed by atoms with van der Waals surface area (Å²) in [6.45, 7) is 4.78. The molecule has 2 aromatic rings. The number of carbonyl (C=O) groups is 1. The minimum atomic E-state index is -0.295. The molecule has 0 saturated carbocycles. The number of nitrogen functional groups attached to an aromatic ring is 1. The molecule has 7 heteroatoms. The van der Waals surface area contributed by atoms with E-state index in [0.29, 0.717) is 22.1 Å². The number of ether oxygens (including phenoxy) is 1. The SMILES string of the molecule is CCCCOc1ccc(C=NNC(=O)c2sc(N)nc2CC)cc1. The summed E-state index contributed by atoms with van der Waals surface area (Å²) in [7, 11) is 0. The Morgan fingerprint density at radius 2 is 2.12 bits per heavy atom. The molecular formula is C17H22N4O2S. The molecule has 1 amide bonds. The molecule has 1 aromatic carbocycles. The highest BCUT2D eigenvalue weighted by molar-refractivity contribution is 7.17. The van der Waals surface area contributed by atoms with Crippen LogP contribution >= 0.6 is 11.3 Å². The van der Waals surface area contributed by atoms with Gasteiger partial charge in [-0.1, -0.05) is 31.6 Å². The van der Waals surface area contributed by atoms with Gasteiger partial charge in [0.1, 0.15) is 10.6 Å². The van der Waals surface area contributed by atoms with E-state index in [0.717, 1.165) is 30.8 Å². The van der Waals surface area contributed by atoms with Crippen LogP contribution in [0.3, 0.4) is 0 Å². The molecule has 6 nitrogen and oxygen atoms in total. The number of nitrogens with one attached hydrogen (secondary N) is 1. The first kappa shape index (κ1) is 17.9. The number of anilines is 1. The summed E-state index contributed by atoms with van der Waals surface area (Å²) in [5.41, 5.74) is 9.72. The second kappa shape index (κ2) is 9.02. The van der Waals surface area contributed by atoms with Crippen molar-refractivity contribution in [3.05, 3.63) is 40.4 Å². The number of rotatable bonds is 8. The molecule has 0 unspecified atom stereocenters. The van der Waals surface area contributed by atoms with Crippen LogP contribution in [-0.4, -0.2) is 23.7 Å². The van der Waals surface area contributed by atoms with Gasteiger partial charge in [0.05, 0.1) is 18.5 Å². The van der Waals surface area contributed by atoms with Crippen molar-refractivity contribution in [3.8, 4) is 5.75 Å². The van der Waals surface area contributed by atoms with E-state index in [-0.39, 0.29) is 5.91 Å². The van der Waals surface area contributed by atoms with Gasteiger partial charge >= 0.3 is 0 Å². The number of aryl methyl sites for hydroxylation is 1. The normalized spacial score (nSPS) is 10.9. The second-order valence-electron chi connectivity index (χ2n) is 5.15. The second-order valence-corrected chi connectivity index (χ2v) is 6.18. The number of amides is 1. The van der Waals surface area contributed by atoms with Gasteiger partial charge in [0.15, 0.2) is 5.13 Å². The fraction of sp³-hybridized carbons (Fsp3) is 0.353. The zero-order chi connectivity index (χ0) is 17.4. The van der Waals surface area contributed by atoms with Crippen LogP contribution in [0, 0.1) is 0 Å². The number of hydrogen-bond donors (Lipinski definition) is 2. The fourth-order valence-corrected chi connectivity index (χ4v) is 2.80. The van der Waals surface area contributed by atoms with E-state index in [1.54, 1.807) is 6.21 Å². The number of nitrogens with zero attached hydrogens (tertiary/aromatic N) is 2. The van der Waals surface area contributed by atoms with E-state index in [2.05, 4.69) is 22.4 Å². The van der Waals surface area contributed by atoms with Crippen LogP contribution in [0.1, 0.15) is 47.6 Å². The smallest absolute Gasteiger partial charge is 0.283 e. The Bertz CT molecular complexity index is 695. The van der Waals surface area contributed by atoms with Crippen molar-refractivity contribution in [1.29, 1.82) is 0 Å². The maximum atomic E-state index is 12.1. The largest absolute Gasteiger partial charge is 0.494 e. The number of aromatic nitrogens is 1. The quantitative estimate of drug-likeness (QED) is 0.436. The van der Waals surface area contributed by atoms with Crippen molar-refractivity contribution in [3.63, 3.8) is 0 Å². The third-order valence-corrected chi connectivity index (χ3v) is 4.21. The Balaban J connectivity index is 1.90. The third kappa shape index (κ3) is 5.06. The molecular weight excluding hydrogens is 324 g/mol. The van der Waals surface area contributed by atoms with Gasteiger partial charge in [-0.05, 0) is 42.7 Å². The number of benzene rings is 1. The average Bonchev–Trinajstić information content (AvgIpc) is 2.97. The zero-order valence-electron chi connectivity index (χ0n) is 13.9. The highest BCUT2D eigenvalue weighted by atomic mass is 32.1. The monoisotopic (exact) mass is 346 g/mol. The molecule has 3 N–H and O–H groups in total. The molecule has 0 aliphatic rings. The van der Waals surface area contributed by atoms with E-state index in [4.69, 9.17) is 10.5 Å². The van der Waals surface area contributed by atoms with Gasteiger partial charge in [0.2, 0.25) is 0 Å². The van der Waals surface area contributed by atoms with Crippen LogP contribution in [0.5, 0.6) is 5.75 Å². The van der Waals surface area contributed by atoms with Crippen LogP contribution in [-0.2, 0) is 6.42 Å². The number of hydrazone groups is 1. The summed E-state index contributed by atoms with van der Waals surface area (Å²) in [5.74, 6) is 0.536. The lowest BCUT2D eigenvalue weighted by molar-refractivity contribution is 0.0958. The van der Waals surface area contributed by atoms with Crippen molar-refractivity contribution < 1.29 is 9.53 Å². The molecule has 1 heterocycles. The van der Waals surface area contributed by atoms with E-state index in [9.17, 15) is 4.79 Å². The standard InChI is InChI=1S/C17H22N4O2S/c1-3-5-10-23-13-8-6-12(7-9-13)11-19-21-16(22)15-14(4-2)20-17(18)24-15/h6-9,11H,3-5,10H2,1-2H3,(H2,18,20)(H,21,22). The Labute approximate surface area is 145 Å². The minimum Gasteiger partial charge on any atom is -0.494 e. The van der Waals surface area contributed by atoms with Gasteiger partial charge < -0.3 is 10.5 Å². The molecule has 0 spiro atoms. The molecule has 0 radical (unpaired) electrons. The summed E-state index contributed by atoms with van der Waals surface area (Å²) < 4.78 is 5.60. The summed E-state index contributed by atoms with van der Waals surface area (Å²) in [4.78, 5) is 16.7. The van der Waals surface area contributed by atoms with Crippen molar-refractivity contribution in [2.75, 3.05) is 12.3 Å². The van der Waals surface area contributed by atoms with Crippen LogP contribution < -0.4 is 15.9 Å². The summed E-state index contributed by atoms with van der Waals surface area (Å²) >= 11 is 1.17. The number of nitrogens with two attached hydrogens (primary N) is 1. The number of carbonyl (C=O) groups excluding carboxylic acids is 1. The Kier molecular flexibility index (Phi) is 6.74. The summed E-state index contributed by atoms with van der Waals surface area (Å²) in [6, 6.07) is 7.55. The molecule has 0 fully saturated rings. The summed E-state index contributed by atoms with van der Waals surface area (Å²) in [5, 5.41) is 4.37. The van der Waals surface area contributed by atoms with Crippen molar-refractivity contribution in [2.24, 2.45) is 5.10 Å². The van der Waals surface area contributed by atoms with Gasteiger partial charge in [-0.2, -0.15) is 5.10 Å². The van der Waals surface area contributed by atoms with E-state index < -0.39 is 0 Å². The predicted octanol–water partition coefficient (Wildman–Crippen LogP) is 3.23. The predicted molar refractivity (Wildman–Crippen MR) is 97.8 cm³/mol. The van der Waals surface area contributed by atoms with Crippen LogP contribution in [0.25, 0.3) is 0 Å². The lowest BCUT2D eigenvalue weighted by Gasteiger charge is -2.04. The van der Waals surface area contributed by atoms with E-state index in [1.165, 1.54) is 11.3 Å². The van der Waals surface area contributed by atoms with Gasteiger partial charge in [-0.25, -0.2) is 10.4 Å². The van der Waals surface area contributed by atoms with Crippen LogP contribution in [0.4, 0.5) is 5.13 Å². The zero-order valence-corrected chi connectivity index (χ0v) is 14.7. The van der Waals surface area contributed by atoms with Crippen molar-refractivity contribution in [2.45, 2.75) is 33.1 Å². The Morgan fingerprint density at radius 1 is 1.38 bits per heavy atom. The number of thiazole rings is 1. The molecule has 24 heavy (non-hydrogen) atoms. The first-order valence-electron chi connectivity index (χ1n) is 7.95. The molecule has 0 aliphatic carbocycles. The third-order valence-electron chi connectivity index (χ3n) is 3.28. The van der Waals surface area contributed by atoms with Gasteiger partial charge in [0.25, 0.3) is 5.91 Å². The average molecular weight is 346 g/mol. The van der Waals surface area contributed by atoms with E-state index in [1.807, 2.05) is 31.2 Å². The van der Waals surface area contributed by atoms with Crippen LogP contribution in [0.2, 0.25) is 0 Å². The number of unbranched alkanes of at least 4 members (excludes halogenated alkanes) is 1. The lowest BCUT2D eigenvalue weighted by Crippen LogP contribution is -2.17.